The molecular formula is C17H25F2IN6O. The molecule has 0 aliphatic carbocycles. The number of halogens is 3. The highest BCUT2D eigenvalue weighted by Crippen LogP contribution is 2.21. The van der Waals surface area contributed by atoms with E-state index in [0.29, 0.717) is 31.2 Å². The van der Waals surface area contributed by atoms with Crippen molar-refractivity contribution in [3.63, 3.8) is 0 Å². The Bertz CT molecular complexity index is 738. The summed E-state index contributed by atoms with van der Waals surface area (Å²) in [6.45, 7) is 2.70. The zero-order valence-electron chi connectivity index (χ0n) is 15.6. The number of nitrogens with zero attached hydrogens (tertiary/aromatic N) is 4. The summed E-state index contributed by atoms with van der Waals surface area (Å²) in [5.74, 6) is 1.65. The highest BCUT2D eigenvalue weighted by Gasteiger charge is 2.10. The molecular weight excluding hydrogens is 469 g/mol. The van der Waals surface area contributed by atoms with Crippen LogP contribution in [0.3, 0.4) is 0 Å². The van der Waals surface area contributed by atoms with Crippen LogP contribution in [0.5, 0.6) is 5.75 Å². The minimum Gasteiger partial charge on any atom is -0.434 e. The second-order valence-electron chi connectivity index (χ2n) is 5.64. The number of ether oxygens (including phenoxy) is 1. The zero-order valence-corrected chi connectivity index (χ0v) is 17.9. The third kappa shape index (κ3) is 7.27. The highest BCUT2D eigenvalue weighted by molar-refractivity contribution is 14.0. The minimum atomic E-state index is -2.86. The maximum atomic E-state index is 12.5. The number of rotatable bonds is 8. The third-order valence-electron chi connectivity index (χ3n) is 3.76. The van der Waals surface area contributed by atoms with Crippen molar-refractivity contribution in [3.8, 4) is 5.75 Å². The fourth-order valence-corrected chi connectivity index (χ4v) is 2.49. The summed E-state index contributed by atoms with van der Waals surface area (Å²) in [6.07, 6.45) is 2.50. The number of nitrogens with one attached hydrogen (secondary N) is 2. The Labute approximate surface area is 174 Å². The van der Waals surface area contributed by atoms with E-state index >= 15 is 0 Å². The highest BCUT2D eigenvalue weighted by atomic mass is 127. The van der Waals surface area contributed by atoms with Gasteiger partial charge in [-0.25, -0.2) is 0 Å². The largest absolute Gasteiger partial charge is 0.434 e. The molecule has 0 saturated heterocycles. The van der Waals surface area contributed by atoms with Crippen LogP contribution in [0.1, 0.15) is 23.9 Å². The van der Waals surface area contributed by atoms with Crippen molar-refractivity contribution < 1.29 is 13.5 Å². The molecule has 2 aromatic rings. The van der Waals surface area contributed by atoms with Crippen molar-refractivity contribution in [1.29, 1.82) is 0 Å². The van der Waals surface area contributed by atoms with E-state index < -0.39 is 6.61 Å². The molecule has 0 unspecified atom stereocenters. The lowest BCUT2D eigenvalue weighted by atomic mass is 10.1. The quantitative estimate of drug-likeness (QED) is 0.336. The van der Waals surface area contributed by atoms with E-state index in [1.165, 1.54) is 0 Å². The fourth-order valence-electron chi connectivity index (χ4n) is 2.49. The summed E-state index contributed by atoms with van der Waals surface area (Å²) in [5, 5.41) is 14.2. The predicted molar refractivity (Wildman–Crippen MR) is 111 cm³/mol. The first kappa shape index (κ1) is 23.1. The topological polar surface area (TPSA) is 76.4 Å². The van der Waals surface area contributed by atoms with Gasteiger partial charge in [-0.05, 0) is 13.0 Å². The van der Waals surface area contributed by atoms with Crippen molar-refractivity contribution in [2.45, 2.75) is 40.0 Å². The minimum absolute atomic E-state index is 0. The van der Waals surface area contributed by atoms with Gasteiger partial charge in [-0.2, -0.15) is 8.78 Å². The molecule has 0 radical (unpaired) electrons. The van der Waals surface area contributed by atoms with Crippen LogP contribution in [0.2, 0.25) is 0 Å². The van der Waals surface area contributed by atoms with Crippen LogP contribution < -0.4 is 15.4 Å². The summed E-state index contributed by atoms with van der Waals surface area (Å²) in [5.41, 5.74) is 1.60. The Kier molecular flexibility index (Phi) is 9.97. The van der Waals surface area contributed by atoms with E-state index in [0.717, 1.165) is 17.8 Å². The molecule has 0 aliphatic rings. The first-order chi connectivity index (χ1) is 12.5. The number of benzene rings is 1. The Balaban J connectivity index is 0.00000364. The van der Waals surface area contributed by atoms with Gasteiger partial charge in [0.2, 0.25) is 0 Å². The second kappa shape index (κ2) is 11.7. The van der Waals surface area contributed by atoms with Crippen LogP contribution in [-0.4, -0.2) is 40.9 Å². The molecule has 150 valence electrons. The van der Waals surface area contributed by atoms with Gasteiger partial charge in [-0.1, -0.05) is 24.6 Å². The normalized spacial score (nSPS) is 11.3. The van der Waals surface area contributed by atoms with Gasteiger partial charge in [0, 0.05) is 38.7 Å². The number of guanidine groups is 1. The van der Waals surface area contributed by atoms with Crippen LogP contribution in [-0.2, 0) is 19.5 Å². The summed E-state index contributed by atoms with van der Waals surface area (Å²) < 4.78 is 31.6. The first-order valence-corrected chi connectivity index (χ1v) is 8.39. The van der Waals surface area contributed by atoms with Crippen molar-refractivity contribution in [2.24, 2.45) is 4.99 Å². The molecule has 27 heavy (non-hydrogen) atoms. The Morgan fingerprint density at radius 2 is 2.11 bits per heavy atom. The number of aromatic nitrogens is 3. The lowest BCUT2D eigenvalue weighted by Gasteiger charge is -2.15. The van der Waals surface area contributed by atoms with Gasteiger partial charge >= 0.3 is 6.61 Å². The molecule has 0 aliphatic heterocycles. The average molecular weight is 494 g/mol. The van der Waals surface area contributed by atoms with Gasteiger partial charge in [-0.15, -0.1) is 34.2 Å². The Hall–Kier alpha value is -1.98. The molecule has 0 spiro atoms. The molecule has 0 amide bonds. The SMILES string of the molecule is CCc1nncn1CCNC(=NC)NCc1cc(C)ccc1OC(F)F.I. The van der Waals surface area contributed by atoms with Gasteiger partial charge in [0.05, 0.1) is 0 Å². The van der Waals surface area contributed by atoms with Crippen LogP contribution in [0, 0.1) is 6.92 Å². The number of alkyl halides is 2. The number of hydrogen-bond acceptors (Lipinski definition) is 4. The van der Waals surface area contributed by atoms with E-state index in [9.17, 15) is 8.78 Å². The molecule has 1 heterocycles. The van der Waals surface area contributed by atoms with Crippen LogP contribution >= 0.6 is 24.0 Å². The number of aliphatic imine (C=N–C) groups is 1. The smallest absolute Gasteiger partial charge is 0.387 e. The van der Waals surface area contributed by atoms with E-state index in [2.05, 4.69) is 30.6 Å². The summed E-state index contributed by atoms with van der Waals surface area (Å²) in [7, 11) is 1.65. The van der Waals surface area contributed by atoms with Crippen molar-refractivity contribution in [1.82, 2.24) is 25.4 Å². The standard InChI is InChI=1S/C17H24F2N6O.HI/c1-4-15-24-23-11-25(15)8-7-21-17(20-3)22-10-13-9-12(2)5-6-14(13)26-16(18)19;/h5-6,9,11,16H,4,7-8,10H2,1-3H3,(H2,20,21,22);1H. The molecule has 0 bridgehead atoms. The molecule has 1 aromatic carbocycles. The van der Waals surface area contributed by atoms with Gasteiger partial charge < -0.3 is 19.9 Å². The van der Waals surface area contributed by atoms with Gasteiger partial charge in [0.25, 0.3) is 0 Å². The summed E-state index contributed by atoms with van der Waals surface area (Å²) in [4.78, 5) is 4.14. The van der Waals surface area contributed by atoms with Crippen LogP contribution in [0.15, 0.2) is 29.5 Å². The predicted octanol–water partition coefficient (Wildman–Crippen LogP) is 2.73. The van der Waals surface area contributed by atoms with E-state index in [-0.39, 0.29) is 29.7 Å². The Morgan fingerprint density at radius 3 is 2.78 bits per heavy atom. The van der Waals surface area contributed by atoms with E-state index in [1.54, 1.807) is 25.5 Å². The summed E-state index contributed by atoms with van der Waals surface area (Å²) in [6, 6.07) is 5.09. The maximum absolute atomic E-state index is 12.5. The number of hydrogen-bond donors (Lipinski definition) is 2. The lowest BCUT2D eigenvalue weighted by molar-refractivity contribution is -0.0504. The molecule has 2 rings (SSSR count). The van der Waals surface area contributed by atoms with Crippen molar-refractivity contribution >= 4 is 29.9 Å². The number of aryl methyl sites for hydroxylation is 2. The molecule has 0 atom stereocenters. The van der Waals surface area contributed by atoms with Crippen molar-refractivity contribution in [2.75, 3.05) is 13.6 Å². The molecule has 7 nitrogen and oxygen atoms in total. The Morgan fingerprint density at radius 1 is 1.33 bits per heavy atom. The van der Waals surface area contributed by atoms with Gasteiger partial charge in [-0.3, -0.25) is 4.99 Å². The fraction of sp³-hybridized carbons (Fsp3) is 0.471. The molecule has 0 fully saturated rings. The monoisotopic (exact) mass is 494 g/mol. The van der Waals surface area contributed by atoms with Crippen molar-refractivity contribution in [3.05, 3.63) is 41.5 Å². The van der Waals surface area contributed by atoms with E-state index in [4.69, 9.17) is 0 Å². The maximum Gasteiger partial charge on any atom is 0.387 e. The van der Waals surface area contributed by atoms with Crippen LogP contribution in [0.25, 0.3) is 0 Å². The van der Waals surface area contributed by atoms with E-state index in [1.807, 2.05) is 24.5 Å². The molecule has 2 N–H and O–H groups in total. The van der Waals surface area contributed by atoms with Crippen LogP contribution in [0.4, 0.5) is 8.78 Å². The second-order valence-corrected chi connectivity index (χ2v) is 5.64. The lowest BCUT2D eigenvalue weighted by Crippen LogP contribution is -2.38. The average Bonchev–Trinajstić information content (AvgIpc) is 3.07. The molecule has 1 aromatic heterocycles. The molecule has 10 heteroatoms. The van der Waals surface area contributed by atoms with Gasteiger partial charge in [0.15, 0.2) is 5.96 Å². The summed E-state index contributed by atoms with van der Waals surface area (Å²) >= 11 is 0. The first-order valence-electron chi connectivity index (χ1n) is 8.39. The van der Waals surface area contributed by atoms with Gasteiger partial charge in [0.1, 0.15) is 17.9 Å². The molecule has 0 saturated carbocycles. The third-order valence-corrected chi connectivity index (χ3v) is 3.76. The zero-order chi connectivity index (χ0) is 18.9.